The van der Waals surface area contributed by atoms with Gasteiger partial charge in [-0.15, -0.1) is 0 Å². The minimum Gasteiger partial charge on any atom is -0.368 e. The fraction of sp³-hybridized carbons (Fsp3) is 0.938. The van der Waals surface area contributed by atoms with Gasteiger partial charge < -0.3 is 5.73 Å². The van der Waals surface area contributed by atoms with Crippen molar-refractivity contribution in [2.45, 2.75) is 70.0 Å². The van der Waals surface area contributed by atoms with Crippen molar-refractivity contribution < 1.29 is 4.79 Å². The monoisotopic (exact) mass is 279 g/mol. The number of hydrogen-bond acceptors (Lipinski definition) is 3. The van der Waals surface area contributed by atoms with E-state index >= 15 is 0 Å². The molecule has 4 heteroatoms. The summed E-state index contributed by atoms with van der Waals surface area (Å²) in [5.41, 5.74) is 5.38. The number of rotatable bonds is 9. The molecule has 3 N–H and O–H groups in total. The maximum Gasteiger partial charge on any atom is 0.239 e. The Balaban J connectivity index is 1.73. The minimum absolute atomic E-state index is 0.131. The normalized spacial score (nSPS) is 26.0. The zero-order chi connectivity index (χ0) is 14.3. The van der Waals surface area contributed by atoms with E-state index in [1.54, 1.807) is 0 Å². The maximum atomic E-state index is 12.3. The first-order valence-corrected chi connectivity index (χ1v) is 8.33. The van der Waals surface area contributed by atoms with Gasteiger partial charge in [0, 0.05) is 25.2 Å². The van der Waals surface area contributed by atoms with E-state index in [0.717, 1.165) is 31.8 Å². The Morgan fingerprint density at radius 2 is 1.90 bits per heavy atom. The van der Waals surface area contributed by atoms with Gasteiger partial charge in [-0.25, -0.2) is 0 Å². The molecule has 1 amide bonds. The van der Waals surface area contributed by atoms with E-state index in [0.29, 0.717) is 18.0 Å². The number of hydrogen-bond donors (Lipinski definition) is 2. The topological polar surface area (TPSA) is 58.4 Å². The highest BCUT2D eigenvalue weighted by molar-refractivity contribution is 5.86. The number of amides is 1. The largest absolute Gasteiger partial charge is 0.368 e. The number of nitrogens with one attached hydrogen (secondary N) is 1. The molecule has 0 aliphatic heterocycles. The Kier molecular flexibility index (Phi) is 3.80. The van der Waals surface area contributed by atoms with Crippen LogP contribution in [0, 0.1) is 11.8 Å². The van der Waals surface area contributed by atoms with Gasteiger partial charge in [0.25, 0.3) is 0 Å². The lowest BCUT2D eigenvalue weighted by molar-refractivity contribution is -0.126. The van der Waals surface area contributed by atoms with Crippen molar-refractivity contribution in [1.29, 1.82) is 0 Å². The zero-order valence-electron chi connectivity index (χ0n) is 12.9. The van der Waals surface area contributed by atoms with Crippen molar-refractivity contribution >= 4 is 5.91 Å². The van der Waals surface area contributed by atoms with Crippen molar-refractivity contribution in [1.82, 2.24) is 10.2 Å². The van der Waals surface area contributed by atoms with Crippen LogP contribution in [0.2, 0.25) is 0 Å². The van der Waals surface area contributed by atoms with Crippen molar-refractivity contribution in [2.75, 3.05) is 13.1 Å². The molecule has 3 aliphatic carbocycles. The molecule has 20 heavy (non-hydrogen) atoms. The number of nitrogens with two attached hydrogens (primary N) is 1. The molecule has 3 rings (SSSR count). The van der Waals surface area contributed by atoms with Gasteiger partial charge in [0.1, 0.15) is 5.54 Å². The van der Waals surface area contributed by atoms with Gasteiger partial charge >= 0.3 is 0 Å². The van der Waals surface area contributed by atoms with Gasteiger partial charge in [0.05, 0.1) is 0 Å². The van der Waals surface area contributed by atoms with Crippen LogP contribution in [0.3, 0.4) is 0 Å². The Labute approximate surface area is 122 Å². The first kappa shape index (κ1) is 14.3. The van der Waals surface area contributed by atoms with Crippen LogP contribution < -0.4 is 11.1 Å². The van der Waals surface area contributed by atoms with Crippen LogP contribution >= 0.6 is 0 Å². The minimum atomic E-state index is -0.472. The lowest BCUT2D eigenvalue weighted by atomic mass is 9.90. The number of carbonyl (C=O) groups is 1. The average molecular weight is 279 g/mol. The molecule has 0 spiro atoms. The SMILES string of the molecule is CC(C)N(CC1CC1)CC(NC1CC1)(C(N)=O)C1CC1. The molecule has 3 aliphatic rings. The van der Waals surface area contributed by atoms with Gasteiger partial charge in [-0.2, -0.15) is 0 Å². The second-order valence-corrected chi connectivity index (χ2v) is 7.50. The van der Waals surface area contributed by atoms with E-state index in [1.807, 2.05) is 0 Å². The average Bonchev–Trinajstić information content (AvgIpc) is 3.24. The van der Waals surface area contributed by atoms with Gasteiger partial charge in [-0.3, -0.25) is 15.0 Å². The third-order valence-electron chi connectivity index (χ3n) is 5.13. The number of primary amides is 1. The first-order chi connectivity index (χ1) is 9.51. The lowest BCUT2D eigenvalue weighted by Gasteiger charge is -2.39. The summed E-state index contributed by atoms with van der Waals surface area (Å²) in [5, 5.41) is 3.63. The Morgan fingerprint density at radius 1 is 1.25 bits per heavy atom. The summed E-state index contributed by atoms with van der Waals surface area (Å²) < 4.78 is 0. The van der Waals surface area contributed by atoms with Crippen LogP contribution in [-0.2, 0) is 4.79 Å². The van der Waals surface area contributed by atoms with E-state index < -0.39 is 5.54 Å². The van der Waals surface area contributed by atoms with Crippen LogP contribution in [0.1, 0.15) is 52.4 Å². The summed E-state index contributed by atoms with van der Waals surface area (Å²) in [7, 11) is 0. The molecule has 0 saturated heterocycles. The first-order valence-electron chi connectivity index (χ1n) is 8.33. The lowest BCUT2D eigenvalue weighted by Crippen LogP contribution is -2.64. The summed E-state index contributed by atoms with van der Waals surface area (Å²) >= 11 is 0. The van der Waals surface area contributed by atoms with E-state index in [2.05, 4.69) is 24.1 Å². The van der Waals surface area contributed by atoms with Crippen molar-refractivity contribution in [3.8, 4) is 0 Å². The molecule has 0 bridgehead atoms. The Morgan fingerprint density at radius 3 is 2.30 bits per heavy atom. The molecule has 1 atom stereocenters. The summed E-state index contributed by atoms with van der Waals surface area (Å²) in [4.78, 5) is 14.7. The molecule has 0 aromatic heterocycles. The van der Waals surface area contributed by atoms with Gasteiger partial charge in [-0.1, -0.05) is 0 Å². The second-order valence-electron chi connectivity index (χ2n) is 7.50. The fourth-order valence-electron chi connectivity index (χ4n) is 3.22. The summed E-state index contributed by atoms with van der Waals surface area (Å²) in [6.45, 7) is 6.40. The molecule has 3 saturated carbocycles. The molecule has 0 aromatic rings. The Bertz CT molecular complexity index is 372. The van der Waals surface area contributed by atoms with Crippen LogP contribution in [0.4, 0.5) is 0 Å². The maximum absolute atomic E-state index is 12.3. The predicted octanol–water partition coefficient (Wildman–Crippen LogP) is 1.49. The molecule has 0 radical (unpaired) electrons. The van der Waals surface area contributed by atoms with E-state index in [-0.39, 0.29) is 5.91 Å². The summed E-state index contributed by atoms with van der Waals surface area (Å²) in [6, 6.07) is 1.01. The highest BCUT2D eigenvalue weighted by Crippen LogP contribution is 2.42. The Hall–Kier alpha value is -0.610. The van der Waals surface area contributed by atoms with Gasteiger partial charge in [0.2, 0.25) is 5.91 Å². The molecule has 4 nitrogen and oxygen atoms in total. The highest BCUT2D eigenvalue weighted by Gasteiger charge is 2.53. The fourth-order valence-corrected chi connectivity index (χ4v) is 3.22. The van der Waals surface area contributed by atoms with Crippen LogP contribution in [0.5, 0.6) is 0 Å². The number of nitrogens with zero attached hydrogens (tertiary/aromatic N) is 1. The molecular weight excluding hydrogens is 250 g/mol. The predicted molar refractivity (Wildman–Crippen MR) is 80.2 cm³/mol. The zero-order valence-corrected chi connectivity index (χ0v) is 12.9. The second kappa shape index (κ2) is 5.30. The van der Waals surface area contributed by atoms with Crippen LogP contribution in [0.25, 0.3) is 0 Å². The quantitative estimate of drug-likeness (QED) is 0.672. The van der Waals surface area contributed by atoms with Crippen molar-refractivity contribution in [3.63, 3.8) is 0 Å². The van der Waals surface area contributed by atoms with Gasteiger partial charge in [0.15, 0.2) is 0 Å². The number of carbonyl (C=O) groups excluding carboxylic acids is 1. The standard InChI is InChI=1S/C16H29N3O/c1-11(2)19(9-12-3-4-12)10-16(15(17)20,13-5-6-13)18-14-7-8-14/h11-14,18H,3-10H2,1-2H3,(H2,17,20). The van der Waals surface area contributed by atoms with E-state index in [9.17, 15) is 4.79 Å². The molecule has 1 unspecified atom stereocenters. The third-order valence-corrected chi connectivity index (χ3v) is 5.13. The smallest absolute Gasteiger partial charge is 0.239 e. The van der Waals surface area contributed by atoms with Gasteiger partial charge in [-0.05, 0) is 64.2 Å². The molecule has 114 valence electrons. The van der Waals surface area contributed by atoms with Crippen molar-refractivity contribution in [3.05, 3.63) is 0 Å². The summed E-state index contributed by atoms with van der Waals surface area (Å²) in [6.07, 6.45) is 7.41. The highest BCUT2D eigenvalue weighted by atomic mass is 16.1. The third kappa shape index (κ3) is 3.17. The van der Waals surface area contributed by atoms with Crippen LogP contribution in [0.15, 0.2) is 0 Å². The van der Waals surface area contributed by atoms with E-state index in [1.165, 1.54) is 25.7 Å². The molecule has 0 heterocycles. The summed E-state index contributed by atoms with van der Waals surface area (Å²) in [5.74, 6) is 1.18. The molecule has 0 aromatic carbocycles. The molecular formula is C16H29N3O. The van der Waals surface area contributed by atoms with Crippen LogP contribution in [-0.4, -0.2) is 41.5 Å². The van der Waals surface area contributed by atoms with E-state index in [4.69, 9.17) is 5.73 Å². The van der Waals surface area contributed by atoms with Crippen molar-refractivity contribution in [2.24, 2.45) is 17.6 Å². The molecule has 3 fully saturated rings.